The van der Waals surface area contributed by atoms with Crippen LogP contribution < -0.4 is 4.74 Å². The van der Waals surface area contributed by atoms with Crippen molar-refractivity contribution in [2.45, 2.75) is 25.9 Å². The first-order valence-electron chi connectivity index (χ1n) is 4.21. The fourth-order valence-corrected chi connectivity index (χ4v) is 1.49. The van der Waals surface area contributed by atoms with Gasteiger partial charge in [0.15, 0.2) is 0 Å². The van der Waals surface area contributed by atoms with Crippen LogP contribution in [0.5, 0.6) is 5.75 Å². The minimum Gasteiger partial charge on any atom is -0.490 e. The number of fused-ring (bicyclic) bond motifs is 1. The summed E-state index contributed by atoms with van der Waals surface area (Å²) in [5.74, 6) is 0.669. The Morgan fingerprint density at radius 2 is 2.33 bits per heavy atom. The van der Waals surface area contributed by atoms with E-state index in [9.17, 15) is 4.39 Å². The van der Waals surface area contributed by atoms with Gasteiger partial charge in [0.2, 0.25) is 0 Å². The van der Waals surface area contributed by atoms with Crippen LogP contribution in [-0.4, -0.2) is 6.10 Å². The highest BCUT2D eigenvalue weighted by Gasteiger charge is 2.15. The minimum atomic E-state index is -0.174. The van der Waals surface area contributed by atoms with E-state index in [4.69, 9.17) is 4.74 Å². The maximum Gasteiger partial charge on any atom is 0.123 e. The molecule has 1 aliphatic heterocycles. The van der Waals surface area contributed by atoms with Crippen molar-refractivity contribution in [3.63, 3.8) is 0 Å². The highest BCUT2D eigenvalue weighted by molar-refractivity contribution is 5.35. The van der Waals surface area contributed by atoms with Crippen molar-refractivity contribution >= 4 is 0 Å². The van der Waals surface area contributed by atoms with Gasteiger partial charge < -0.3 is 4.74 Å². The number of aryl methyl sites for hydroxylation is 1. The van der Waals surface area contributed by atoms with E-state index in [0.29, 0.717) is 0 Å². The van der Waals surface area contributed by atoms with Gasteiger partial charge in [-0.25, -0.2) is 4.39 Å². The average Bonchev–Trinajstić information content (AvgIpc) is 2.05. The van der Waals surface area contributed by atoms with Crippen molar-refractivity contribution in [1.82, 2.24) is 0 Å². The first-order valence-corrected chi connectivity index (χ1v) is 4.21. The van der Waals surface area contributed by atoms with Crippen molar-refractivity contribution in [3.05, 3.63) is 29.6 Å². The third-order valence-corrected chi connectivity index (χ3v) is 2.17. The zero-order chi connectivity index (χ0) is 8.55. The molecule has 12 heavy (non-hydrogen) atoms. The summed E-state index contributed by atoms with van der Waals surface area (Å²) in [6.45, 7) is 2.03. The summed E-state index contributed by atoms with van der Waals surface area (Å²) in [6.07, 6.45) is 2.17. The average molecular weight is 166 g/mol. The summed E-state index contributed by atoms with van der Waals surface area (Å²) in [6, 6.07) is 4.71. The predicted octanol–water partition coefficient (Wildman–Crippen LogP) is 2.54. The van der Waals surface area contributed by atoms with Gasteiger partial charge in [-0.05, 0) is 43.5 Å². The van der Waals surface area contributed by atoms with E-state index in [-0.39, 0.29) is 11.9 Å². The molecule has 0 saturated carbocycles. The van der Waals surface area contributed by atoms with Crippen LogP contribution in [0.15, 0.2) is 18.2 Å². The second-order valence-electron chi connectivity index (χ2n) is 3.22. The van der Waals surface area contributed by atoms with E-state index >= 15 is 0 Å². The number of rotatable bonds is 0. The Morgan fingerprint density at radius 3 is 3.17 bits per heavy atom. The van der Waals surface area contributed by atoms with Crippen LogP contribution in [0.25, 0.3) is 0 Å². The molecule has 1 nitrogen and oxygen atoms in total. The zero-order valence-corrected chi connectivity index (χ0v) is 7.01. The molecule has 0 radical (unpaired) electrons. The Morgan fingerprint density at radius 1 is 1.50 bits per heavy atom. The summed E-state index contributed by atoms with van der Waals surface area (Å²) in [5.41, 5.74) is 0.994. The molecule has 0 unspecified atom stereocenters. The normalized spacial score (nSPS) is 21.3. The third kappa shape index (κ3) is 1.29. The van der Waals surface area contributed by atoms with Crippen molar-refractivity contribution in [2.75, 3.05) is 0 Å². The van der Waals surface area contributed by atoms with Gasteiger partial charge in [-0.2, -0.15) is 0 Å². The number of halogens is 1. The molecule has 0 saturated heterocycles. The van der Waals surface area contributed by atoms with Crippen LogP contribution >= 0.6 is 0 Å². The first kappa shape index (κ1) is 7.59. The van der Waals surface area contributed by atoms with Gasteiger partial charge in [-0.15, -0.1) is 0 Å². The molecule has 0 aromatic heterocycles. The van der Waals surface area contributed by atoms with E-state index in [2.05, 4.69) is 0 Å². The summed E-state index contributed by atoms with van der Waals surface area (Å²) >= 11 is 0. The van der Waals surface area contributed by atoms with E-state index in [1.54, 1.807) is 12.1 Å². The second kappa shape index (κ2) is 2.77. The largest absolute Gasteiger partial charge is 0.490 e. The summed E-state index contributed by atoms with van der Waals surface area (Å²) < 4.78 is 18.3. The molecule has 1 atom stereocenters. The summed E-state index contributed by atoms with van der Waals surface area (Å²) in [4.78, 5) is 0. The highest BCUT2D eigenvalue weighted by Crippen LogP contribution is 2.27. The molecule has 1 aromatic carbocycles. The Balaban J connectivity index is 2.37. The quantitative estimate of drug-likeness (QED) is 0.575. The maximum atomic E-state index is 12.7. The van der Waals surface area contributed by atoms with Crippen LogP contribution in [0, 0.1) is 5.82 Å². The topological polar surface area (TPSA) is 9.23 Å². The molecule has 0 N–H and O–H groups in total. The molecular weight excluding hydrogens is 155 g/mol. The van der Waals surface area contributed by atoms with Gasteiger partial charge >= 0.3 is 0 Å². The van der Waals surface area contributed by atoms with Crippen LogP contribution in [-0.2, 0) is 6.42 Å². The standard InChI is InChI=1S/C10H11FO/c1-7-2-3-8-6-9(11)4-5-10(8)12-7/h4-7H,2-3H2,1H3/t7-/m1/s1. The lowest BCUT2D eigenvalue weighted by Crippen LogP contribution is -2.18. The highest BCUT2D eigenvalue weighted by atomic mass is 19.1. The SMILES string of the molecule is C[C@@H]1CCc2cc(F)ccc2O1. The first-order chi connectivity index (χ1) is 5.75. The zero-order valence-electron chi connectivity index (χ0n) is 7.01. The molecule has 1 aliphatic rings. The van der Waals surface area contributed by atoms with Gasteiger partial charge in [0.05, 0.1) is 6.10 Å². The Bertz CT molecular complexity index is 296. The van der Waals surface area contributed by atoms with Crippen molar-refractivity contribution in [2.24, 2.45) is 0 Å². The van der Waals surface area contributed by atoms with E-state index in [1.807, 2.05) is 6.92 Å². The summed E-state index contributed by atoms with van der Waals surface area (Å²) in [7, 11) is 0. The monoisotopic (exact) mass is 166 g/mol. The van der Waals surface area contributed by atoms with E-state index in [1.165, 1.54) is 6.07 Å². The Labute approximate surface area is 71.2 Å². The van der Waals surface area contributed by atoms with Gasteiger partial charge in [-0.1, -0.05) is 0 Å². The molecular formula is C10H11FO. The van der Waals surface area contributed by atoms with E-state index < -0.39 is 0 Å². The molecule has 0 aliphatic carbocycles. The van der Waals surface area contributed by atoms with E-state index in [0.717, 1.165) is 24.2 Å². The minimum absolute atomic E-state index is 0.174. The fourth-order valence-electron chi connectivity index (χ4n) is 1.49. The Kier molecular flexibility index (Phi) is 1.75. The second-order valence-corrected chi connectivity index (χ2v) is 3.22. The third-order valence-electron chi connectivity index (χ3n) is 2.17. The van der Waals surface area contributed by atoms with Crippen molar-refractivity contribution < 1.29 is 9.13 Å². The molecule has 2 heteroatoms. The molecule has 64 valence electrons. The lowest BCUT2D eigenvalue weighted by Gasteiger charge is -2.22. The van der Waals surface area contributed by atoms with Gasteiger partial charge in [-0.3, -0.25) is 0 Å². The number of benzene rings is 1. The van der Waals surface area contributed by atoms with Crippen LogP contribution in [0.3, 0.4) is 0 Å². The van der Waals surface area contributed by atoms with Gasteiger partial charge in [0.1, 0.15) is 11.6 Å². The molecule has 2 rings (SSSR count). The van der Waals surface area contributed by atoms with Crippen molar-refractivity contribution in [1.29, 1.82) is 0 Å². The van der Waals surface area contributed by atoms with Crippen LogP contribution in [0.4, 0.5) is 4.39 Å². The fraction of sp³-hybridized carbons (Fsp3) is 0.400. The smallest absolute Gasteiger partial charge is 0.123 e. The molecule has 0 fully saturated rings. The predicted molar refractivity (Wildman–Crippen MR) is 44.8 cm³/mol. The lowest BCUT2D eigenvalue weighted by atomic mass is 10.0. The van der Waals surface area contributed by atoms with Crippen LogP contribution in [0.2, 0.25) is 0 Å². The number of ether oxygens (including phenoxy) is 1. The lowest BCUT2D eigenvalue weighted by molar-refractivity contribution is 0.192. The number of hydrogen-bond donors (Lipinski definition) is 0. The molecule has 1 aromatic rings. The molecule has 0 bridgehead atoms. The summed E-state index contributed by atoms with van der Waals surface area (Å²) in [5, 5.41) is 0. The maximum absolute atomic E-state index is 12.7. The van der Waals surface area contributed by atoms with Crippen molar-refractivity contribution in [3.8, 4) is 5.75 Å². The Hall–Kier alpha value is -1.05. The molecule has 1 heterocycles. The van der Waals surface area contributed by atoms with Crippen LogP contribution in [0.1, 0.15) is 18.9 Å². The van der Waals surface area contributed by atoms with Gasteiger partial charge in [0.25, 0.3) is 0 Å². The molecule has 0 spiro atoms. The molecule has 0 amide bonds. The van der Waals surface area contributed by atoms with Gasteiger partial charge in [0, 0.05) is 0 Å². The number of hydrogen-bond acceptors (Lipinski definition) is 1.